The molecule has 0 saturated carbocycles. The van der Waals surface area contributed by atoms with Gasteiger partial charge in [0.25, 0.3) is 0 Å². The van der Waals surface area contributed by atoms with Gasteiger partial charge in [0.1, 0.15) is 0 Å². The molecule has 0 radical (unpaired) electrons. The van der Waals surface area contributed by atoms with E-state index < -0.39 is 0 Å². The van der Waals surface area contributed by atoms with E-state index in [-0.39, 0.29) is 11.0 Å². The van der Waals surface area contributed by atoms with E-state index in [2.05, 4.69) is 33.0 Å². The fourth-order valence-corrected chi connectivity index (χ4v) is 0.974. The molecule has 4 N–H and O–H groups in total. The number of hydrogen-bond acceptors (Lipinski definition) is 4. The first-order valence-electron chi connectivity index (χ1n) is 4.40. The number of nitrogens with one attached hydrogen (secondary N) is 2. The molecular formula is C9H11N5OS. The highest BCUT2D eigenvalue weighted by molar-refractivity contribution is 7.80. The Morgan fingerprint density at radius 2 is 2.38 bits per heavy atom. The van der Waals surface area contributed by atoms with Crippen molar-refractivity contribution in [1.29, 1.82) is 0 Å². The molecule has 0 aromatic carbocycles. The number of amides is 1. The van der Waals surface area contributed by atoms with Gasteiger partial charge in [0.05, 0.1) is 23.8 Å². The van der Waals surface area contributed by atoms with Crippen molar-refractivity contribution in [2.45, 2.75) is 6.92 Å². The summed E-state index contributed by atoms with van der Waals surface area (Å²) in [5, 5.41) is 6.43. The third-order valence-corrected chi connectivity index (χ3v) is 1.57. The van der Waals surface area contributed by atoms with Gasteiger partial charge in [-0.1, -0.05) is 0 Å². The molecule has 0 spiro atoms. The van der Waals surface area contributed by atoms with E-state index in [4.69, 9.17) is 5.73 Å². The zero-order chi connectivity index (χ0) is 12.0. The number of pyridine rings is 1. The number of hydrogen-bond donors (Lipinski definition) is 3. The summed E-state index contributed by atoms with van der Waals surface area (Å²) in [6.45, 7) is 1.43. The van der Waals surface area contributed by atoms with Crippen molar-refractivity contribution < 1.29 is 4.79 Å². The number of thiocarbonyl (C=S) groups is 1. The first kappa shape index (κ1) is 12.1. The Balaban J connectivity index is 2.60. The van der Waals surface area contributed by atoms with Crippen LogP contribution in [-0.4, -0.2) is 22.2 Å². The molecule has 84 valence electrons. The van der Waals surface area contributed by atoms with E-state index in [1.54, 1.807) is 12.1 Å². The number of carbonyl (C=O) groups excluding carboxylic acids is 1. The average molecular weight is 237 g/mol. The van der Waals surface area contributed by atoms with Crippen LogP contribution in [-0.2, 0) is 4.79 Å². The third-order valence-electron chi connectivity index (χ3n) is 1.48. The van der Waals surface area contributed by atoms with Crippen molar-refractivity contribution in [2.75, 3.05) is 5.32 Å². The van der Waals surface area contributed by atoms with Gasteiger partial charge < -0.3 is 11.1 Å². The van der Waals surface area contributed by atoms with Crippen molar-refractivity contribution in [3.63, 3.8) is 0 Å². The molecule has 0 unspecified atom stereocenters. The van der Waals surface area contributed by atoms with Crippen molar-refractivity contribution in [3.05, 3.63) is 24.0 Å². The molecule has 0 aliphatic rings. The molecular weight excluding hydrogens is 226 g/mol. The maximum absolute atomic E-state index is 10.7. The lowest BCUT2D eigenvalue weighted by atomic mass is 10.3. The van der Waals surface area contributed by atoms with Crippen LogP contribution in [0, 0.1) is 0 Å². The van der Waals surface area contributed by atoms with Crippen LogP contribution in [0.2, 0.25) is 0 Å². The Kier molecular flexibility index (Phi) is 4.34. The average Bonchev–Trinajstić information content (AvgIpc) is 2.19. The largest absolute Gasteiger partial charge is 0.375 e. The lowest BCUT2D eigenvalue weighted by Crippen LogP contribution is -2.24. The Morgan fingerprint density at radius 1 is 1.62 bits per heavy atom. The summed E-state index contributed by atoms with van der Waals surface area (Å²) in [5.41, 5.74) is 8.84. The van der Waals surface area contributed by atoms with Gasteiger partial charge in [-0.3, -0.25) is 15.2 Å². The minimum absolute atomic E-state index is 0.0890. The normalized spacial score (nSPS) is 10.1. The molecule has 0 aliphatic heterocycles. The van der Waals surface area contributed by atoms with Crippen LogP contribution in [0.15, 0.2) is 23.4 Å². The van der Waals surface area contributed by atoms with Crippen LogP contribution in [0.1, 0.15) is 12.6 Å². The fraction of sp³-hybridized carbons (Fsp3) is 0.111. The summed E-state index contributed by atoms with van der Waals surface area (Å²) in [6.07, 6.45) is 3.00. The van der Waals surface area contributed by atoms with Gasteiger partial charge in [0.2, 0.25) is 5.91 Å². The number of anilines is 1. The zero-order valence-corrected chi connectivity index (χ0v) is 9.41. The Hall–Kier alpha value is -2.02. The van der Waals surface area contributed by atoms with E-state index >= 15 is 0 Å². The minimum Gasteiger partial charge on any atom is -0.375 e. The molecule has 16 heavy (non-hydrogen) atoms. The van der Waals surface area contributed by atoms with Crippen LogP contribution in [0.4, 0.5) is 5.69 Å². The number of aromatic nitrogens is 1. The van der Waals surface area contributed by atoms with E-state index in [9.17, 15) is 4.79 Å². The van der Waals surface area contributed by atoms with Crippen molar-refractivity contribution in [1.82, 2.24) is 10.4 Å². The first-order valence-corrected chi connectivity index (χ1v) is 4.81. The quantitative estimate of drug-likeness (QED) is 0.397. The number of nitrogens with zero attached hydrogens (tertiary/aromatic N) is 2. The van der Waals surface area contributed by atoms with Crippen molar-refractivity contribution >= 4 is 35.1 Å². The lowest BCUT2D eigenvalue weighted by molar-refractivity contribution is -0.114. The van der Waals surface area contributed by atoms with Gasteiger partial charge >= 0.3 is 0 Å². The van der Waals surface area contributed by atoms with Crippen molar-refractivity contribution in [2.24, 2.45) is 10.8 Å². The molecule has 1 aromatic heterocycles. The molecule has 0 fully saturated rings. The maximum Gasteiger partial charge on any atom is 0.221 e. The molecule has 0 atom stereocenters. The van der Waals surface area contributed by atoms with Gasteiger partial charge in [-0.05, 0) is 24.4 Å². The van der Waals surface area contributed by atoms with Crippen molar-refractivity contribution in [3.8, 4) is 0 Å². The third kappa shape index (κ3) is 4.47. The van der Waals surface area contributed by atoms with E-state index in [1.807, 2.05) is 0 Å². The summed E-state index contributed by atoms with van der Waals surface area (Å²) in [7, 11) is 0. The molecule has 0 aliphatic carbocycles. The smallest absolute Gasteiger partial charge is 0.221 e. The monoisotopic (exact) mass is 237 g/mol. The number of nitrogens with two attached hydrogens (primary N) is 1. The molecule has 1 aromatic rings. The molecule has 0 bridgehead atoms. The highest BCUT2D eigenvalue weighted by atomic mass is 32.1. The predicted octanol–water partition coefficient (Wildman–Crippen LogP) is 0.207. The molecule has 0 saturated heterocycles. The molecule has 1 rings (SSSR count). The van der Waals surface area contributed by atoms with Crippen LogP contribution in [0.3, 0.4) is 0 Å². The summed E-state index contributed by atoms with van der Waals surface area (Å²) >= 11 is 4.56. The molecule has 1 heterocycles. The van der Waals surface area contributed by atoms with Gasteiger partial charge in [-0.15, -0.1) is 0 Å². The number of rotatable bonds is 3. The lowest BCUT2D eigenvalue weighted by Gasteiger charge is -2.00. The zero-order valence-electron chi connectivity index (χ0n) is 8.60. The summed E-state index contributed by atoms with van der Waals surface area (Å²) in [6, 6.07) is 3.42. The molecule has 7 heteroatoms. The fourth-order valence-electron chi connectivity index (χ4n) is 0.921. The Labute approximate surface area is 97.9 Å². The number of hydrazone groups is 1. The van der Waals surface area contributed by atoms with E-state index in [0.717, 1.165) is 0 Å². The summed E-state index contributed by atoms with van der Waals surface area (Å²) in [4.78, 5) is 14.8. The minimum atomic E-state index is -0.140. The first-order chi connectivity index (χ1) is 7.58. The predicted molar refractivity (Wildman–Crippen MR) is 66.1 cm³/mol. The maximum atomic E-state index is 10.7. The van der Waals surface area contributed by atoms with Gasteiger partial charge in [0.15, 0.2) is 5.11 Å². The number of carbonyl (C=O) groups is 1. The second kappa shape index (κ2) is 5.76. The topological polar surface area (TPSA) is 92.4 Å². The van der Waals surface area contributed by atoms with Crippen LogP contribution in [0.25, 0.3) is 0 Å². The van der Waals surface area contributed by atoms with Crippen LogP contribution < -0.4 is 16.5 Å². The molecule has 6 nitrogen and oxygen atoms in total. The van der Waals surface area contributed by atoms with Crippen LogP contribution >= 0.6 is 12.2 Å². The highest BCUT2D eigenvalue weighted by Gasteiger charge is 1.95. The van der Waals surface area contributed by atoms with Gasteiger partial charge in [-0.25, -0.2) is 0 Å². The standard InChI is InChI=1S/C9H11N5OS/c1-6(15)13-8-3-2-7(11-4-8)5-12-14-9(10)16/h2-5H,1H3,(H,13,15)(H3,10,14,16). The second-order valence-corrected chi connectivity index (χ2v) is 3.33. The van der Waals surface area contributed by atoms with Gasteiger partial charge in [-0.2, -0.15) is 5.10 Å². The van der Waals surface area contributed by atoms with Crippen LogP contribution in [0.5, 0.6) is 0 Å². The summed E-state index contributed by atoms with van der Waals surface area (Å²) < 4.78 is 0. The molecule has 1 amide bonds. The SMILES string of the molecule is CC(=O)Nc1ccc(C=NNC(N)=S)nc1. The van der Waals surface area contributed by atoms with E-state index in [0.29, 0.717) is 11.4 Å². The summed E-state index contributed by atoms with van der Waals surface area (Å²) in [5.74, 6) is -0.140. The second-order valence-electron chi connectivity index (χ2n) is 2.89. The Morgan fingerprint density at radius 3 is 2.88 bits per heavy atom. The Bertz CT molecular complexity index is 414. The highest BCUT2D eigenvalue weighted by Crippen LogP contribution is 2.04. The van der Waals surface area contributed by atoms with E-state index in [1.165, 1.54) is 19.3 Å². The van der Waals surface area contributed by atoms with Gasteiger partial charge in [0, 0.05) is 6.92 Å².